The fraction of sp³-hybridized carbons (Fsp3) is 0.176. The largest absolute Gasteiger partial charge is 0.287 e. The Morgan fingerprint density at radius 3 is 2.72 bits per heavy atom. The molecule has 3 rings (SSSR count). The molecule has 0 unspecified atom stereocenters. The lowest BCUT2D eigenvalue weighted by Crippen LogP contribution is -2.22. The second-order valence-corrected chi connectivity index (χ2v) is 6.19. The van der Waals surface area contributed by atoms with Crippen LogP contribution < -0.4 is 5.56 Å². The predicted octanol–water partition coefficient (Wildman–Crippen LogP) is 3.76. The topological polar surface area (TPSA) is 78.0 Å². The van der Waals surface area contributed by atoms with Crippen molar-refractivity contribution in [3.63, 3.8) is 0 Å². The third kappa shape index (κ3) is 3.25. The first-order valence-electron chi connectivity index (χ1n) is 7.57. The standard InChI is InChI=1S/C17H14FN3O3S/c1-2-20-16(22)11-6-3-4-8-14(11)19-17(20)25-10-12-13(18)7-5-9-15(12)21(23)24/h3-9H,2,10H2,1H3. The zero-order chi connectivity index (χ0) is 18.0. The molecule has 0 fully saturated rings. The van der Waals surface area contributed by atoms with E-state index in [0.717, 1.165) is 11.8 Å². The molecule has 6 nitrogen and oxygen atoms in total. The number of benzene rings is 2. The first-order valence-corrected chi connectivity index (χ1v) is 8.55. The third-order valence-corrected chi connectivity index (χ3v) is 4.78. The van der Waals surface area contributed by atoms with Gasteiger partial charge in [-0.2, -0.15) is 0 Å². The number of rotatable bonds is 5. The quantitative estimate of drug-likeness (QED) is 0.300. The number of fused-ring (bicyclic) bond motifs is 1. The number of thioether (sulfide) groups is 1. The maximum Gasteiger partial charge on any atom is 0.276 e. The van der Waals surface area contributed by atoms with Crippen LogP contribution in [0.25, 0.3) is 10.9 Å². The summed E-state index contributed by atoms with van der Waals surface area (Å²) in [6.07, 6.45) is 0. The molecular weight excluding hydrogens is 345 g/mol. The van der Waals surface area contributed by atoms with Crippen LogP contribution in [0.3, 0.4) is 0 Å². The van der Waals surface area contributed by atoms with Gasteiger partial charge in [0.1, 0.15) is 5.82 Å². The molecule has 0 atom stereocenters. The Bertz CT molecular complexity index is 1020. The molecule has 0 spiro atoms. The van der Waals surface area contributed by atoms with Gasteiger partial charge in [-0.1, -0.05) is 30.0 Å². The molecule has 0 aliphatic heterocycles. The molecule has 0 saturated carbocycles. The minimum absolute atomic E-state index is 0.00771. The Hall–Kier alpha value is -2.74. The van der Waals surface area contributed by atoms with Crippen LogP contribution in [0.2, 0.25) is 0 Å². The Kier molecular flexibility index (Phi) is 4.80. The second kappa shape index (κ2) is 7.02. The zero-order valence-electron chi connectivity index (χ0n) is 13.3. The molecule has 0 saturated heterocycles. The number of nitro groups is 1. The molecule has 3 aromatic rings. The highest BCUT2D eigenvalue weighted by atomic mass is 32.2. The van der Waals surface area contributed by atoms with E-state index in [2.05, 4.69) is 4.98 Å². The van der Waals surface area contributed by atoms with Crippen molar-refractivity contribution in [2.75, 3.05) is 0 Å². The molecular formula is C17H14FN3O3S. The molecule has 0 amide bonds. The number of nitro benzene ring substituents is 1. The van der Waals surface area contributed by atoms with Crippen molar-refractivity contribution < 1.29 is 9.31 Å². The van der Waals surface area contributed by atoms with Gasteiger partial charge in [0, 0.05) is 18.4 Å². The zero-order valence-corrected chi connectivity index (χ0v) is 14.1. The summed E-state index contributed by atoms with van der Waals surface area (Å²) in [5, 5.41) is 12.0. The average molecular weight is 359 g/mol. The Labute approximate surface area is 146 Å². The van der Waals surface area contributed by atoms with Gasteiger partial charge in [-0.3, -0.25) is 19.5 Å². The minimum Gasteiger partial charge on any atom is -0.287 e. The Morgan fingerprint density at radius 2 is 2.00 bits per heavy atom. The normalized spacial score (nSPS) is 11.0. The lowest BCUT2D eigenvalue weighted by molar-refractivity contribution is -0.385. The molecule has 2 aromatic carbocycles. The van der Waals surface area contributed by atoms with Gasteiger partial charge < -0.3 is 0 Å². The van der Waals surface area contributed by atoms with Gasteiger partial charge >= 0.3 is 0 Å². The number of aromatic nitrogens is 2. The summed E-state index contributed by atoms with van der Waals surface area (Å²) in [6, 6.07) is 10.7. The lowest BCUT2D eigenvalue weighted by Gasteiger charge is -2.11. The van der Waals surface area contributed by atoms with E-state index in [1.54, 1.807) is 24.3 Å². The van der Waals surface area contributed by atoms with Crippen molar-refractivity contribution in [1.29, 1.82) is 0 Å². The molecule has 1 heterocycles. The summed E-state index contributed by atoms with van der Waals surface area (Å²) in [7, 11) is 0. The molecule has 0 radical (unpaired) electrons. The molecule has 1 aromatic heterocycles. The minimum atomic E-state index is -0.645. The maximum atomic E-state index is 14.0. The summed E-state index contributed by atoms with van der Waals surface area (Å²) in [5.74, 6) is -0.638. The van der Waals surface area contributed by atoms with Gasteiger partial charge in [-0.15, -0.1) is 0 Å². The number of hydrogen-bond donors (Lipinski definition) is 0. The van der Waals surface area contributed by atoms with Crippen LogP contribution in [0.15, 0.2) is 52.4 Å². The maximum absolute atomic E-state index is 14.0. The van der Waals surface area contributed by atoms with Gasteiger partial charge in [0.15, 0.2) is 5.16 Å². The molecule has 0 aliphatic carbocycles. The second-order valence-electron chi connectivity index (χ2n) is 5.24. The van der Waals surface area contributed by atoms with Crippen molar-refractivity contribution in [2.24, 2.45) is 0 Å². The van der Waals surface area contributed by atoms with Gasteiger partial charge in [0.05, 0.1) is 21.4 Å². The SMILES string of the molecule is CCn1c(SCc2c(F)cccc2[N+](=O)[O-])nc2ccccc2c1=O. The highest BCUT2D eigenvalue weighted by molar-refractivity contribution is 7.98. The molecule has 25 heavy (non-hydrogen) atoms. The summed E-state index contributed by atoms with van der Waals surface area (Å²) in [6.45, 7) is 2.21. The number of halogens is 1. The van der Waals surface area contributed by atoms with Crippen molar-refractivity contribution >= 4 is 28.4 Å². The van der Waals surface area contributed by atoms with E-state index in [0.29, 0.717) is 22.6 Å². The first kappa shape index (κ1) is 17.1. The van der Waals surface area contributed by atoms with E-state index in [9.17, 15) is 19.3 Å². The Morgan fingerprint density at radius 1 is 1.24 bits per heavy atom. The highest BCUT2D eigenvalue weighted by Crippen LogP contribution is 2.29. The van der Waals surface area contributed by atoms with Crippen LogP contribution in [0.4, 0.5) is 10.1 Å². The van der Waals surface area contributed by atoms with E-state index >= 15 is 0 Å². The van der Waals surface area contributed by atoms with Crippen molar-refractivity contribution in [1.82, 2.24) is 9.55 Å². The number of nitrogens with zero attached hydrogens (tertiary/aromatic N) is 3. The third-order valence-electron chi connectivity index (χ3n) is 3.78. The van der Waals surface area contributed by atoms with E-state index in [1.165, 1.54) is 22.8 Å². The van der Waals surface area contributed by atoms with E-state index < -0.39 is 10.7 Å². The van der Waals surface area contributed by atoms with Crippen molar-refractivity contribution in [3.8, 4) is 0 Å². The van der Waals surface area contributed by atoms with Crippen molar-refractivity contribution in [2.45, 2.75) is 24.4 Å². The molecule has 0 aliphatic rings. The monoisotopic (exact) mass is 359 g/mol. The summed E-state index contributed by atoms with van der Waals surface area (Å²) in [5.41, 5.74) is 0.0719. The van der Waals surface area contributed by atoms with Gasteiger partial charge in [0.2, 0.25) is 0 Å². The molecule has 128 valence electrons. The van der Waals surface area contributed by atoms with Crippen LogP contribution in [0.1, 0.15) is 12.5 Å². The number of para-hydroxylation sites is 1. The predicted molar refractivity (Wildman–Crippen MR) is 94.3 cm³/mol. The van der Waals surface area contributed by atoms with E-state index in [1.807, 2.05) is 6.92 Å². The Balaban J connectivity index is 2.03. The highest BCUT2D eigenvalue weighted by Gasteiger charge is 2.19. The summed E-state index contributed by atoms with van der Waals surface area (Å²) in [4.78, 5) is 27.5. The van der Waals surface area contributed by atoms with Crippen LogP contribution in [0.5, 0.6) is 0 Å². The fourth-order valence-electron chi connectivity index (χ4n) is 2.53. The number of hydrogen-bond acceptors (Lipinski definition) is 5. The smallest absolute Gasteiger partial charge is 0.276 e. The first-order chi connectivity index (χ1) is 12.0. The van der Waals surface area contributed by atoms with Crippen LogP contribution in [-0.2, 0) is 12.3 Å². The molecule has 8 heteroatoms. The van der Waals surface area contributed by atoms with Crippen LogP contribution in [0, 0.1) is 15.9 Å². The average Bonchev–Trinajstić information content (AvgIpc) is 2.60. The van der Waals surface area contributed by atoms with E-state index in [4.69, 9.17) is 0 Å². The lowest BCUT2D eigenvalue weighted by atomic mass is 10.2. The molecule has 0 bridgehead atoms. The summed E-state index contributed by atoms with van der Waals surface area (Å²) >= 11 is 1.11. The molecule has 0 N–H and O–H groups in total. The van der Waals surface area contributed by atoms with Gasteiger partial charge in [-0.05, 0) is 25.1 Å². The van der Waals surface area contributed by atoms with E-state index in [-0.39, 0.29) is 22.6 Å². The van der Waals surface area contributed by atoms with Crippen LogP contribution >= 0.6 is 11.8 Å². The fourth-order valence-corrected chi connectivity index (χ4v) is 3.62. The van der Waals surface area contributed by atoms with Gasteiger partial charge in [-0.25, -0.2) is 9.37 Å². The van der Waals surface area contributed by atoms with Crippen LogP contribution in [-0.4, -0.2) is 14.5 Å². The van der Waals surface area contributed by atoms with Crippen molar-refractivity contribution in [3.05, 3.63) is 74.3 Å². The summed E-state index contributed by atoms with van der Waals surface area (Å²) < 4.78 is 15.5. The van der Waals surface area contributed by atoms with Gasteiger partial charge in [0.25, 0.3) is 11.2 Å².